The molecular formula is C12H21NO5. The second-order valence-electron chi connectivity index (χ2n) is 5.37. The maximum absolute atomic E-state index is 11.4. The average molecular weight is 259 g/mol. The molecule has 0 aromatic heterocycles. The van der Waals surface area contributed by atoms with E-state index in [0.717, 1.165) is 12.8 Å². The van der Waals surface area contributed by atoms with E-state index < -0.39 is 17.7 Å². The highest BCUT2D eigenvalue weighted by Crippen LogP contribution is 2.17. The number of carboxylic acid groups (broad SMARTS) is 1. The fraction of sp³-hybridized carbons (Fsp3) is 0.833. The standard InChI is InChI=1S/C12H21NO5/c1-12(2,3)18-10(14)8-17-7-9-5-4-6-13(9)11(15)16/h9H,4-8H2,1-3H3,(H,15,16)/t9-/m0/s1. The molecule has 0 bridgehead atoms. The molecule has 1 heterocycles. The normalized spacial score (nSPS) is 19.9. The van der Waals surface area contributed by atoms with Crippen LogP contribution in [0.3, 0.4) is 0 Å². The van der Waals surface area contributed by atoms with Gasteiger partial charge in [-0.15, -0.1) is 0 Å². The minimum absolute atomic E-state index is 0.138. The Morgan fingerprint density at radius 1 is 1.39 bits per heavy atom. The van der Waals surface area contributed by atoms with E-state index >= 15 is 0 Å². The Labute approximate surface area is 107 Å². The van der Waals surface area contributed by atoms with Crippen LogP contribution >= 0.6 is 0 Å². The fourth-order valence-corrected chi connectivity index (χ4v) is 1.91. The van der Waals surface area contributed by atoms with Crippen LogP contribution in [0.2, 0.25) is 0 Å². The van der Waals surface area contributed by atoms with E-state index in [2.05, 4.69) is 0 Å². The van der Waals surface area contributed by atoms with Crippen molar-refractivity contribution in [2.24, 2.45) is 0 Å². The van der Waals surface area contributed by atoms with Crippen molar-refractivity contribution in [1.29, 1.82) is 0 Å². The van der Waals surface area contributed by atoms with Crippen LogP contribution in [0.15, 0.2) is 0 Å². The molecule has 1 aliphatic rings. The van der Waals surface area contributed by atoms with Crippen LogP contribution in [-0.2, 0) is 14.3 Å². The molecule has 1 N–H and O–H groups in total. The summed E-state index contributed by atoms with van der Waals surface area (Å²) in [5.74, 6) is -0.428. The van der Waals surface area contributed by atoms with Gasteiger partial charge in [0.25, 0.3) is 0 Å². The maximum Gasteiger partial charge on any atom is 0.407 e. The molecule has 1 aliphatic heterocycles. The van der Waals surface area contributed by atoms with Gasteiger partial charge in [-0.05, 0) is 33.6 Å². The van der Waals surface area contributed by atoms with E-state index in [1.54, 1.807) is 20.8 Å². The first-order valence-electron chi connectivity index (χ1n) is 6.09. The van der Waals surface area contributed by atoms with E-state index in [4.69, 9.17) is 14.6 Å². The Kier molecular flexibility index (Phi) is 4.95. The summed E-state index contributed by atoms with van der Waals surface area (Å²) >= 11 is 0. The first-order valence-corrected chi connectivity index (χ1v) is 6.09. The van der Waals surface area contributed by atoms with Gasteiger partial charge >= 0.3 is 12.1 Å². The second kappa shape index (κ2) is 6.04. The molecule has 0 aromatic rings. The summed E-state index contributed by atoms with van der Waals surface area (Å²) in [5.41, 5.74) is -0.527. The molecule has 0 aliphatic carbocycles. The molecule has 0 aromatic carbocycles. The van der Waals surface area contributed by atoms with Gasteiger partial charge in [-0.1, -0.05) is 0 Å². The van der Waals surface area contributed by atoms with Crippen molar-refractivity contribution in [3.8, 4) is 0 Å². The molecule has 6 heteroatoms. The number of nitrogens with zero attached hydrogens (tertiary/aromatic N) is 1. The summed E-state index contributed by atoms with van der Waals surface area (Å²) < 4.78 is 10.3. The predicted octanol–water partition coefficient (Wildman–Crippen LogP) is 1.49. The van der Waals surface area contributed by atoms with Gasteiger partial charge in [0.15, 0.2) is 0 Å². The zero-order chi connectivity index (χ0) is 13.8. The van der Waals surface area contributed by atoms with Crippen molar-refractivity contribution in [2.75, 3.05) is 19.8 Å². The lowest BCUT2D eigenvalue weighted by Crippen LogP contribution is -2.38. The Hall–Kier alpha value is -1.30. The van der Waals surface area contributed by atoms with Crippen molar-refractivity contribution in [2.45, 2.75) is 45.3 Å². The lowest BCUT2D eigenvalue weighted by atomic mass is 10.2. The lowest BCUT2D eigenvalue weighted by Gasteiger charge is -2.22. The second-order valence-corrected chi connectivity index (χ2v) is 5.37. The zero-order valence-corrected chi connectivity index (χ0v) is 11.1. The van der Waals surface area contributed by atoms with Crippen LogP contribution in [0.25, 0.3) is 0 Å². The van der Waals surface area contributed by atoms with Gasteiger partial charge in [-0.25, -0.2) is 9.59 Å². The van der Waals surface area contributed by atoms with E-state index in [9.17, 15) is 9.59 Å². The smallest absolute Gasteiger partial charge is 0.407 e. The molecule has 1 saturated heterocycles. The monoisotopic (exact) mass is 259 g/mol. The minimum atomic E-state index is -0.932. The van der Waals surface area contributed by atoms with Gasteiger partial charge in [0.2, 0.25) is 0 Å². The van der Waals surface area contributed by atoms with Gasteiger partial charge in [0, 0.05) is 6.54 Å². The lowest BCUT2D eigenvalue weighted by molar-refractivity contribution is -0.160. The van der Waals surface area contributed by atoms with Gasteiger partial charge in [-0.3, -0.25) is 0 Å². The molecule has 18 heavy (non-hydrogen) atoms. The molecule has 0 saturated carbocycles. The first-order chi connectivity index (χ1) is 8.29. The Morgan fingerprint density at radius 3 is 2.61 bits per heavy atom. The van der Waals surface area contributed by atoms with Crippen molar-refractivity contribution in [3.63, 3.8) is 0 Å². The highest BCUT2D eigenvalue weighted by molar-refractivity contribution is 5.71. The van der Waals surface area contributed by atoms with Crippen LogP contribution < -0.4 is 0 Å². The maximum atomic E-state index is 11.4. The Balaban J connectivity index is 2.25. The van der Waals surface area contributed by atoms with Crippen LogP contribution in [0.4, 0.5) is 4.79 Å². The van der Waals surface area contributed by atoms with Crippen LogP contribution in [0, 0.1) is 0 Å². The summed E-state index contributed by atoms with van der Waals surface area (Å²) in [4.78, 5) is 23.6. The summed E-state index contributed by atoms with van der Waals surface area (Å²) in [6.07, 6.45) is 0.686. The van der Waals surface area contributed by atoms with Gasteiger partial charge in [0.1, 0.15) is 12.2 Å². The SMILES string of the molecule is CC(C)(C)OC(=O)COC[C@@H]1CCCN1C(=O)O. The largest absolute Gasteiger partial charge is 0.465 e. The number of amides is 1. The predicted molar refractivity (Wildman–Crippen MR) is 64.4 cm³/mol. The quantitative estimate of drug-likeness (QED) is 0.774. The van der Waals surface area contributed by atoms with Gasteiger partial charge < -0.3 is 19.5 Å². The molecule has 6 nitrogen and oxygen atoms in total. The van der Waals surface area contributed by atoms with Gasteiger partial charge in [-0.2, -0.15) is 0 Å². The molecule has 0 radical (unpaired) electrons. The third-order valence-corrected chi connectivity index (χ3v) is 2.57. The first kappa shape index (κ1) is 14.8. The third kappa shape index (κ3) is 4.91. The van der Waals surface area contributed by atoms with Crippen molar-refractivity contribution >= 4 is 12.1 Å². The summed E-state index contributed by atoms with van der Waals surface area (Å²) in [6.45, 7) is 6.00. The Bertz CT molecular complexity index is 310. The molecule has 104 valence electrons. The molecule has 1 amide bonds. The number of esters is 1. The molecule has 0 unspecified atom stereocenters. The molecule has 1 atom stereocenters. The Morgan fingerprint density at radius 2 is 2.06 bits per heavy atom. The average Bonchev–Trinajstić information content (AvgIpc) is 2.62. The van der Waals surface area contributed by atoms with E-state index in [0.29, 0.717) is 6.54 Å². The molecule has 1 rings (SSSR count). The van der Waals surface area contributed by atoms with E-state index in [1.165, 1.54) is 4.90 Å². The van der Waals surface area contributed by atoms with Crippen LogP contribution in [0.5, 0.6) is 0 Å². The molecular weight excluding hydrogens is 238 g/mol. The highest BCUT2D eigenvalue weighted by Gasteiger charge is 2.28. The number of hydrogen-bond donors (Lipinski definition) is 1. The van der Waals surface area contributed by atoms with Crippen molar-refractivity contribution in [3.05, 3.63) is 0 Å². The van der Waals surface area contributed by atoms with Crippen LogP contribution in [0.1, 0.15) is 33.6 Å². The minimum Gasteiger partial charge on any atom is -0.465 e. The summed E-state index contributed by atoms with van der Waals surface area (Å²) in [5, 5.41) is 8.92. The number of likely N-dealkylation sites (tertiary alicyclic amines) is 1. The number of rotatable bonds is 4. The number of carbonyl (C=O) groups is 2. The van der Waals surface area contributed by atoms with Crippen molar-refractivity contribution < 1.29 is 24.2 Å². The van der Waals surface area contributed by atoms with E-state index in [-0.39, 0.29) is 19.3 Å². The fourth-order valence-electron chi connectivity index (χ4n) is 1.91. The number of ether oxygens (including phenoxy) is 2. The third-order valence-electron chi connectivity index (χ3n) is 2.57. The van der Waals surface area contributed by atoms with Crippen molar-refractivity contribution in [1.82, 2.24) is 4.90 Å². The summed E-state index contributed by atoms with van der Waals surface area (Å²) in [6, 6.07) is -0.148. The highest BCUT2D eigenvalue weighted by atomic mass is 16.6. The van der Waals surface area contributed by atoms with E-state index in [1.807, 2.05) is 0 Å². The molecule has 0 spiro atoms. The summed E-state index contributed by atoms with van der Waals surface area (Å²) in [7, 11) is 0. The van der Waals surface area contributed by atoms with Crippen LogP contribution in [-0.4, -0.2) is 53.5 Å². The zero-order valence-electron chi connectivity index (χ0n) is 11.1. The number of hydrogen-bond acceptors (Lipinski definition) is 4. The molecule has 1 fully saturated rings. The number of carbonyl (C=O) groups excluding carboxylic acids is 1. The van der Waals surface area contributed by atoms with Gasteiger partial charge in [0.05, 0.1) is 12.6 Å². The topological polar surface area (TPSA) is 76.1 Å².